The molecule has 4 atom stereocenters. The maximum absolute atomic E-state index is 7.90. The third-order valence-corrected chi connectivity index (χ3v) is 19.2. The summed E-state index contributed by atoms with van der Waals surface area (Å²) in [5.74, 6) is 0.155. The SMILES string of the molecule is CC12C=CC=CC1C1=C(O2)B2c3c(c4c5c(c3N(c3coc6ccccc36)c3oc6ccccc6c32)N(c2coc3ccccc23)C2=C(OC3C=CC=CC23)B5c2oc3ccccc3c2N4c2coc3ccccc23)N1c1coc2ccccc12. The van der Waals surface area contributed by atoms with Gasteiger partial charge in [0, 0.05) is 37.8 Å². The predicted octanol–water partition coefficient (Wildman–Crippen LogP) is 15.4. The molecule has 6 aliphatic heterocycles. The molecule has 4 unspecified atom stereocenters. The van der Waals surface area contributed by atoms with Crippen molar-refractivity contribution in [3.05, 3.63) is 242 Å². The van der Waals surface area contributed by atoms with Crippen LogP contribution < -0.4 is 41.6 Å². The highest BCUT2D eigenvalue weighted by Gasteiger charge is 2.63. The van der Waals surface area contributed by atoms with Gasteiger partial charge >= 0.3 is 13.4 Å². The van der Waals surface area contributed by atoms with Crippen LogP contribution in [0, 0.1) is 11.8 Å². The normalized spacial score (nSPS) is 20.9. The summed E-state index contributed by atoms with van der Waals surface area (Å²) in [7, 11) is 0. The van der Waals surface area contributed by atoms with E-state index in [9.17, 15) is 0 Å². The fourth-order valence-corrected chi connectivity index (χ4v) is 15.8. The second-order valence-electron chi connectivity index (χ2n) is 23.4. The van der Waals surface area contributed by atoms with Crippen LogP contribution in [-0.2, 0) is 9.47 Å². The predicted molar refractivity (Wildman–Crippen MR) is 334 cm³/mol. The highest BCUT2D eigenvalue weighted by atomic mass is 16.5. The van der Waals surface area contributed by atoms with Crippen molar-refractivity contribution in [3.8, 4) is 0 Å². The van der Waals surface area contributed by atoms with Gasteiger partial charge < -0.3 is 50.7 Å². The number of nitrogens with zero attached hydrogens (tertiary/aromatic N) is 4. The van der Waals surface area contributed by atoms with E-state index in [2.05, 4.69) is 172 Å². The summed E-state index contributed by atoms with van der Waals surface area (Å²) in [6.45, 7) is 1.02. The van der Waals surface area contributed by atoms with E-state index in [1.54, 1.807) is 0 Å². The highest BCUT2D eigenvalue weighted by molar-refractivity contribution is 6.99. The minimum Gasteiger partial charge on any atom is -0.497 e. The molecule has 0 bridgehead atoms. The van der Waals surface area contributed by atoms with E-state index in [0.717, 1.165) is 162 Å². The van der Waals surface area contributed by atoms with E-state index < -0.39 is 19.0 Å². The first kappa shape index (κ1) is 44.8. The Bertz CT molecular complexity index is 5410. The number of rotatable bonds is 4. The summed E-state index contributed by atoms with van der Waals surface area (Å²) in [4.78, 5) is 9.75. The number of benzene rings is 7. The molecule has 85 heavy (non-hydrogen) atoms. The van der Waals surface area contributed by atoms with Crippen LogP contribution in [0.2, 0.25) is 0 Å². The summed E-state index contributed by atoms with van der Waals surface area (Å²) >= 11 is 0. The molecule has 0 spiro atoms. The number of ether oxygens (including phenoxy) is 2. The summed E-state index contributed by atoms with van der Waals surface area (Å²) in [6, 6.07) is 50.1. The zero-order valence-electron chi connectivity index (χ0n) is 45.2. The van der Waals surface area contributed by atoms with Gasteiger partial charge in [-0.3, -0.25) is 4.90 Å². The van der Waals surface area contributed by atoms with E-state index >= 15 is 0 Å². The van der Waals surface area contributed by atoms with Crippen LogP contribution in [0.5, 0.6) is 0 Å². The lowest BCUT2D eigenvalue weighted by Crippen LogP contribution is -2.61. The van der Waals surface area contributed by atoms with Crippen LogP contribution in [0.3, 0.4) is 0 Å². The largest absolute Gasteiger partial charge is 0.497 e. The molecule has 2 aliphatic carbocycles. The van der Waals surface area contributed by atoms with Crippen molar-refractivity contribution >= 4 is 158 Å². The van der Waals surface area contributed by atoms with Crippen LogP contribution in [-0.4, -0.2) is 25.1 Å². The van der Waals surface area contributed by atoms with E-state index in [1.807, 2.05) is 73.6 Å². The number of allylic oxidation sites excluding steroid dienone is 4. The average Bonchev–Trinajstić information content (AvgIpc) is 1.64. The Hall–Kier alpha value is -10.9. The Morgan fingerprint density at radius 2 is 0.871 bits per heavy atom. The Morgan fingerprint density at radius 1 is 0.400 bits per heavy atom. The van der Waals surface area contributed by atoms with Crippen molar-refractivity contribution in [2.45, 2.75) is 18.6 Å². The molecular weight excluding hydrogens is 1060 g/mol. The van der Waals surface area contributed by atoms with Crippen LogP contribution in [0.1, 0.15) is 6.92 Å². The molecular formula is C71H42B2N4O8. The molecule has 0 saturated carbocycles. The molecule has 7 aromatic carbocycles. The van der Waals surface area contributed by atoms with Crippen LogP contribution in [0.15, 0.2) is 268 Å². The number of anilines is 10. The molecule has 8 aliphatic rings. The number of furan rings is 6. The topological polar surface area (TPSA) is 110 Å². The summed E-state index contributed by atoms with van der Waals surface area (Å²) in [6.07, 6.45) is 24.8. The molecule has 21 rings (SSSR count). The molecule has 400 valence electrons. The van der Waals surface area contributed by atoms with E-state index in [4.69, 9.17) is 36.0 Å². The molecule has 13 aromatic rings. The van der Waals surface area contributed by atoms with Gasteiger partial charge in [0.2, 0.25) is 5.88 Å². The van der Waals surface area contributed by atoms with Gasteiger partial charge in [0.05, 0.1) is 85.7 Å². The molecule has 0 N–H and O–H groups in total. The molecule has 14 heteroatoms. The van der Waals surface area contributed by atoms with Gasteiger partial charge in [-0.25, -0.2) is 0 Å². The van der Waals surface area contributed by atoms with Gasteiger partial charge in [-0.2, -0.15) is 0 Å². The molecule has 12 heterocycles. The van der Waals surface area contributed by atoms with E-state index in [-0.39, 0.29) is 17.9 Å². The maximum atomic E-state index is 7.90. The van der Waals surface area contributed by atoms with E-state index in [0.29, 0.717) is 5.88 Å². The highest BCUT2D eigenvalue weighted by Crippen LogP contribution is 2.64. The first-order chi connectivity index (χ1) is 42.1. The minimum absolute atomic E-state index is 0.232. The fourth-order valence-electron chi connectivity index (χ4n) is 15.8. The second-order valence-corrected chi connectivity index (χ2v) is 23.4. The lowest BCUT2D eigenvalue weighted by Gasteiger charge is -2.49. The summed E-state index contributed by atoms with van der Waals surface area (Å²) in [5.41, 5.74) is 18.8. The van der Waals surface area contributed by atoms with Gasteiger partial charge in [0.15, 0.2) is 0 Å². The van der Waals surface area contributed by atoms with Crippen molar-refractivity contribution in [2.75, 3.05) is 19.6 Å². The number of hydrogen-bond donors (Lipinski definition) is 0. The van der Waals surface area contributed by atoms with Crippen LogP contribution in [0.25, 0.3) is 65.8 Å². The zero-order valence-corrected chi connectivity index (χ0v) is 45.2. The van der Waals surface area contributed by atoms with Crippen LogP contribution in [0.4, 0.5) is 57.1 Å². The monoisotopic (exact) mass is 1100 g/mol. The number of para-hydroxylation sites is 6. The first-order valence-corrected chi connectivity index (χ1v) is 28.9. The van der Waals surface area contributed by atoms with E-state index in [1.165, 1.54) is 0 Å². The Balaban J connectivity index is 1.04. The standard InChI is InChI=1S/C71H42B2N4O8/c1-71-33-17-16-25-45(71)62-69(85-71)72-57-42-22-6-13-30-54(42)84-70(57)77(49-37-81-53-29-12-5-21-41(49)53)66-58(72)63(76(62)48-36-80-52-28-11-4-20-40(48)52)64-59-65(66)75(47-35-79-51-27-10-3-19-39(47)51)61-44-24-8-15-32-56(44)83-68(61)73(59)67-60(43-23-7-14-31-55(43)82-67)74(64)46-34-78-50-26-9-2-18-38(46)50/h2-37,44-45,56H,1H3. The Kier molecular flexibility index (Phi) is 8.22. The van der Waals surface area contributed by atoms with Crippen molar-refractivity contribution in [3.63, 3.8) is 0 Å². The zero-order chi connectivity index (χ0) is 55.1. The summed E-state index contributed by atoms with van der Waals surface area (Å²) < 4.78 is 57.7. The maximum Gasteiger partial charge on any atom is 0.341 e. The number of hydrogen-bond acceptors (Lipinski definition) is 12. The molecule has 0 saturated heterocycles. The molecule has 0 radical (unpaired) electrons. The quantitative estimate of drug-likeness (QED) is 0.157. The van der Waals surface area contributed by atoms with Crippen molar-refractivity contribution in [2.24, 2.45) is 11.8 Å². The minimum atomic E-state index is -0.807. The molecule has 0 amide bonds. The fraction of sp³-hybridized carbons (Fsp3) is 0.0704. The Labute approximate surface area is 484 Å². The lowest BCUT2D eigenvalue weighted by atomic mass is 9.33. The van der Waals surface area contributed by atoms with Crippen molar-refractivity contribution in [1.82, 2.24) is 0 Å². The molecule has 12 nitrogen and oxygen atoms in total. The molecule has 0 fully saturated rings. The average molecular weight is 1100 g/mol. The van der Waals surface area contributed by atoms with Crippen molar-refractivity contribution < 1.29 is 36.0 Å². The van der Waals surface area contributed by atoms with Gasteiger partial charge in [0.25, 0.3) is 0 Å². The van der Waals surface area contributed by atoms with Crippen molar-refractivity contribution in [1.29, 1.82) is 0 Å². The number of fused-ring (bicyclic) bond motifs is 20. The third-order valence-electron chi connectivity index (χ3n) is 19.2. The lowest BCUT2D eigenvalue weighted by molar-refractivity contribution is 0.0785. The smallest absolute Gasteiger partial charge is 0.341 e. The second kappa shape index (κ2) is 15.6. The first-order valence-electron chi connectivity index (χ1n) is 28.9. The Morgan fingerprint density at radius 3 is 1.49 bits per heavy atom. The van der Waals surface area contributed by atoms with Gasteiger partial charge in [-0.15, -0.1) is 0 Å². The third kappa shape index (κ3) is 5.43. The molecule has 6 aromatic heterocycles. The van der Waals surface area contributed by atoms with Gasteiger partial charge in [-0.05, 0) is 96.7 Å². The summed E-state index contributed by atoms with van der Waals surface area (Å²) in [5, 5.41) is 5.64. The van der Waals surface area contributed by atoms with Crippen LogP contribution >= 0.6 is 0 Å². The van der Waals surface area contributed by atoms with Gasteiger partial charge in [-0.1, -0.05) is 115 Å². The van der Waals surface area contributed by atoms with Gasteiger partial charge in [0.1, 0.15) is 75.9 Å².